The van der Waals surface area contributed by atoms with Crippen LogP contribution in [0.1, 0.15) is 5.56 Å². The van der Waals surface area contributed by atoms with Crippen LogP contribution in [0.2, 0.25) is 5.02 Å². The predicted octanol–water partition coefficient (Wildman–Crippen LogP) is 4.27. The number of nitrogens with zero attached hydrogens (tertiary/aromatic N) is 3. The zero-order chi connectivity index (χ0) is 15.8. The second-order valence-electron chi connectivity index (χ2n) is 5.27. The van der Waals surface area contributed by atoms with Gasteiger partial charge < -0.3 is 4.98 Å². The topological polar surface area (TPSA) is 46.5 Å². The van der Waals surface area contributed by atoms with Gasteiger partial charge in [-0.2, -0.15) is 5.10 Å². The highest BCUT2D eigenvalue weighted by Gasteiger charge is 2.14. The third kappa shape index (κ3) is 2.59. The fourth-order valence-corrected chi connectivity index (χ4v) is 2.86. The third-order valence-corrected chi connectivity index (χ3v) is 4.04. The van der Waals surface area contributed by atoms with Gasteiger partial charge in [0.1, 0.15) is 18.5 Å². The number of nitrogens with one attached hydrogen (secondary N) is 1. The van der Waals surface area contributed by atoms with Crippen molar-refractivity contribution in [3.8, 4) is 11.3 Å². The Hall–Kier alpha value is -2.66. The summed E-state index contributed by atoms with van der Waals surface area (Å²) in [6.07, 6.45) is 3.16. The van der Waals surface area contributed by atoms with Crippen LogP contribution < -0.4 is 0 Å². The summed E-state index contributed by atoms with van der Waals surface area (Å²) in [4.78, 5) is 7.28. The molecule has 6 heteroatoms. The monoisotopic (exact) mass is 326 g/mol. The zero-order valence-electron chi connectivity index (χ0n) is 12.0. The summed E-state index contributed by atoms with van der Waals surface area (Å²) in [5, 5.41) is 5.80. The molecular formula is C17H12ClFN4. The van der Waals surface area contributed by atoms with Crippen molar-refractivity contribution in [2.45, 2.75) is 6.54 Å². The molecule has 0 radical (unpaired) electrons. The number of fused-ring (bicyclic) bond motifs is 1. The molecule has 0 saturated carbocycles. The van der Waals surface area contributed by atoms with E-state index in [1.54, 1.807) is 17.1 Å². The third-order valence-electron chi connectivity index (χ3n) is 3.79. The second kappa shape index (κ2) is 5.52. The molecule has 2 aromatic heterocycles. The highest BCUT2D eigenvalue weighted by Crippen LogP contribution is 2.32. The predicted molar refractivity (Wildman–Crippen MR) is 87.8 cm³/mol. The maximum absolute atomic E-state index is 13.5. The summed E-state index contributed by atoms with van der Waals surface area (Å²) in [6, 6.07) is 12.3. The molecule has 0 aliphatic carbocycles. The largest absolute Gasteiger partial charge is 0.354 e. The number of rotatable bonds is 3. The SMILES string of the molecule is Fc1ccc2c(Cn3cncn3)c(-c3ccc(Cl)cc3)[nH]c2c1. The van der Waals surface area contributed by atoms with E-state index in [0.717, 1.165) is 27.7 Å². The van der Waals surface area contributed by atoms with Crippen LogP contribution in [0.4, 0.5) is 4.39 Å². The van der Waals surface area contributed by atoms with Crippen molar-refractivity contribution < 1.29 is 4.39 Å². The molecule has 1 N–H and O–H groups in total. The summed E-state index contributed by atoms with van der Waals surface area (Å²) in [5.41, 5.74) is 3.71. The first-order valence-corrected chi connectivity index (χ1v) is 7.47. The molecule has 4 aromatic rings. The Labute approximate surface area is 136 Å². The number of hydrogen-bond acceptors (Lipinski definition) is 2. The molecule has 0 atom stereocenters. The van der Waals surface area contributed by atoms with E-state index in [0.29, 0.717) is 11.6 Å². The van der Waals surface area contributed by atoms with Crippen molar-refractivity contribution in [1.82, 2.24) is 19.7 Å². The Kier molecular flexibility index (Phi) is 3.35. The summed E-state index contributed by atoms with van der Waals surface area (Å²) >= 11 is 5.97. The van der Waals surface area contributed by atoms with Gasteiger partial charge in [0.05, 0.1) is 12.2 Å². The van der Waals surface area contributed by atoms with Crippen LogP contribution in [0.5, 0.6) is 0 Å². The van der Waals surface area contributed by atoms with Crippen LogP contribution in [-0.2, 0) is 6.54 Å². The molecule has 0 saturated heterocycles. The molecule has 4 nitrogen and oxygen atoms in total. The quantitative estimate of drug-likeness (QED) is 0.611. The van der Waals surface area contributed by atoms with Crippen LogP contribution in [0.25, 0.3) is 22.2 Å². The van der Waals surface area contributed by atoms with Gasteiger partial charge in [-0.1, -0.05) is 23.7 Å². The normalized spacial score (nSPS) is 11.2. The van der Waals surface area contributed by atoms with Crippen molar-refractivity contribution in [3.05, 3.63) is 71.5 Å². The van der Waals surface area contributed by atoms with Gasteiger partial charge in [-0.15, -0.1) is 0 Å². The molecule has 23 heavy (non-hydrogen) atoms. The summed E-state index contributed by atoms with van der Waals surface area (Å²) in [6.45, 7) is 0.545. The van der Waals surface area contributed by atoms with Gasteiger partial charge in [0.15, 0.2) is 0 Å². The molecular weight excluding hydrogens is 315 g/mol. The molecule has 0 spiro atoms. The Morgan fingerprint density at radius 2 is 1.96 bits per heavy atom. The lowest BCUT2D eigenvalue weighted by Crippen LogP contribution is -2.00. The fourth-order valence-electron chi connectivity index (χ4n) is 2.73. The van der Waals surface area contributed by atoms with E-state index in [1.807, 2.05) is 24.3 Å². The molecule has 0 aliphatic heterocycles. The second-order valence-corrected chi connectivity index (χ2v) is 5.70. The number of H-pyrrole nitrogens is 1. The standard InChI is InChI=1S/C17H12ClFN4/c18-12-3-1-11(2-4-12)17-15(8-23-10-20-9-21-23)14-6-5-13(19)7-16(14)22-17/h1-7,9-10,22H,8H2. The van der Waals surface area contributed by atoms with Crippen LogP contribution in [0.15, 0.2) is 55.1 Å². The van der Waals surface area contributed by atoms with E-state index in [9.17, 15) is 4.39 Å². The molecule has 0 unspecified atom stereocenters. The lowest BCUT2D eigenvalue weighted by atomic mass is 10.1. The van der Waals surface area contributed by atoms with Gasteiger partial charge in [-0.3, -0.25) is 0 Å². The minimum Gasteiger partial charge on any atom is -0.354 e. The van der Waals surface area contributed by atoms with E-state index < -0.39 is 0 Å². The molecule has 0 aliphatic rings. The van der Waals surface area contributed by atoms with Crippen LogP contribution >= 0.6 is 11.6 Å². The highest BCUT2D eigenvalue weighted by atomic mass is 35.5. The Bertz CT molecular complexity index is 958. The number of aromatic nitrogens is 4. The first kappa shape index (κ1) is 14.0. The Balaban J connectivity index is 1.92. The number of aromatic amines is 1. The molecule has 114 valence electrons. The van der Waals surface area contributed by atoms with E-state index in [2.05, 4.69) is 15.1 Å². The van der Waals surface area contributed by atoms with Crippen molar-refractivity contribution in [2.75, 3.05) is 0 Å². The average molecular weight is 327 g/mol. The van der Waals surface area contributed by atoms with E-state index >= 15 is 0 Å². The van der Waals surface area contributed by atoms with Crippen LogP contribution in [0.3, 0.4) is 0 Å². The number of hydrogen-bond donors (Lipinski definition) is 1. The zero-order valence-corrected chi connectivity index (χ0v) is 12.8. The van der Waals surface area contributed by atoms with E-state index in [-0.39, 0.29) is 5.82 Å². The van der Waals surface area contributed by atoms with Crippen molar-refractivity contribution >= 4 is 22.5 Å². The van der Waals surface area contributed by atoms with Crippen molar-refractivity contribution in [3.63, 3.8) is 0 Å². The average Bonchev–Trinajstić information content (AvgIpc) is 3.17. The van der Waals surface area contributed by atoms with Gasteiger partial charge in [0.2, 0.25) is 0 Å². The highest BCUT2D eigenvalue weighted by molar-refractivity contribution is 6.30. The smallest absolute Gasteiger partial charge is 0.137 e. The maximum atomic E-state index is 13.5. The minimum atomic E-state index is -0.270. The molecule has 0 bridgehead atoms. The maximum Gasteiger partial charge on any atom is 0.137 e. The minimum absolute atomic E-state index is 0.270. The van der Waals surface area contributed by atoms with Crippen molar-refractivity contribution in [1.29, 1.82) is 0 Å². The summed E-state index contributed by atoms with van der Waals surface area (Å²) in [7, 11) is 0. The van der Waals surface area contributed by atoms with Gasteiger partial charge >= 0.3 is 0 Å². The summed E-state index contributed by atoms with van der Waals surface area (Å²) < 4.78 is 15.3. The first-order chi connectivity index (χ1) is 11.2. The number of benzene rings is 2. The van der Waals surface area contributed by atoms with Gasteiger partial charge in [0.25, 0.3) is 0 Å². The number of halogens is 2. The lowest BCUT2D eigenvalue weighted by Gasteiger charge is -2.05. The van der Waals surface area contributed by atoms with Crippen LogP contribution in [-0.4, -0.2) is 19.7 Å². The molecule has 2 heterocycles. The van der Waals surface area contributed by atoms with Gasteiger partial charge in [0, 0.05) is 21.5 Å². The van der Waals surface area contributed by atoms with E-state index in [1.165, 1.54) is 18.5 Å². The van der Waals surface area contributed by atoms with Crippen LogP contribution in [0, 0.1) is 5.82 Å². The fraction of sp³-hybridized carbons (Fsp3) is 0.0588. The van der Waals surface area contributed by atoms with E-state index in [4.69, 9.17) is 11.6 Å². The Morgan fingerprint density at radius 1 is 1.13 bits per heavy atom. The van der Waals surface area contributed by atoms with Crippen molar-refractivity contribution in [2.24, 2.45) is 0 Å². The molecule has 2 aromatic carbocycles. The summed E-state index contributed by atoms with van der Waals surface area (Å²) in [5.74, 6) is -0.270. The first-order valence-electron chi connectivity index (χ1n) is 7.09. The molecule has 4 rings (SSSR count). The van der Waals surface area contributed by atoms with Gasteiger partial charge in [-0.25, -0.2) is 14.1 Å². The van der Waals surface area contributed by atoms with Gasteiger partial charge in [-0.05, 0) is 35.9 Å². The molecule has 0 amide bonds. The molecule has 0 fully saturated rings. The lowest BCUT2D eigenvalue weighted by molar-refractivity contribution is 0.629. The Morgan fingerprint density at radius 3 is 2.70 bits per heavy atom.